The minimum absolute atomic E-state index is 0.381. The van der Waals surface area contributed by atoms with Crippen LogP contribution in [0.5, 0.6) is 0 Å². The molecule has 6 nitrogen and oxygen atoms in total. The molecule has 0 aliphatic carbocycles. The highest BCUT2D eigenvalue weighted by molar-refractivity contribution is 9.28. The van der Waals surface area contributed by atoms with Crippen molar-refractivity contribution in [1.29, 1.82) is 0 Å². The Hall–Kier alpha value is -0.280. The lowest BCUT2D eigenvalue weighted by Crippen LogP contribution is -2.55. The number of hydrogen-bond acceptors (Lipinski definition) is 7. The monoisotopic (exact) mass is 432 g/mol. The topological polar surface area (TPSA) is 78.9 Å². The van der Waals surface area contributed by atoms with Crippen molar-refractivity contribution in [2.75, 3.05) is 5.75 Å². The van der Waals surface area contributed by atoms with E-state index in [4.69, 9.17) is 14.2 Å². The number of alkyl halides is 2. The summed E-state index contributed by atoms with van der Waals surface area (Å²) in [5.41, 5.74) is 0. The molecule has 0 saturated carbocycles. The molecule has 20 heavy (non-hydrogen) atoms. The van der Waals surface area contributed by atoms with Gasteiger partial charge in [0.2, 0.25) is 0 Å². The van der Waals surface area contributed by atoms with Crippen molar-refractivity contribution in [3.8, 4) is 0 Å². The number of hydrogen-bond donors (Lipinski definition) is 0. The van der Waals surface area contributed by atoms with Gasteiger partial charge in [-0.3, -0.25) is 14.4 Å². The molecule has 0 N–H and O–H groups in total. The molecular weight excluding hydrogens is 420 g/mol. The SMILES string of the molecule is CC(=O)O[C@@H]1[C@@H](OC(C)=O)C(Br)(Br)SC[C@H]1OC(C)=O. The van der Waals surface area contributed by atoms with E-state index in [2.05, 4.69) is 31.9 Å². The zero-order valence-corrected chi connectivity index (χ0v) is 15.0. The van der Waals surface area contributed by atoms with E-state index < -0.39 is 38.8 Å². The van der Waals surface area contributed by atoms with Gasteiger partial charge in [-0.1, -0.05) is 31.9 Å². The van der Waals surface area contributed by atoms with Crippen LogP contribution in [0.15, 0.2) is 0 Å². The highest BCUT2D eigenvalue weighted by atomic mass is 79.9. The van der Waals surface area contributed by atoms with Gasteiger partial charge in [0.05, 0.1) is 0 Å². The van der Waals surface area contributed by atoms with Crippen molar-refractivity contribution >= 4 is 61.5 Å². The first-order valence-corrected chi connectivity index (χ1v) is 8.24. The highest BCUT2D eigenvalue weighted by Gasteiger charge is 2.53. The second-order valence-corrected chi connectivity index (χ2v) is 10.0. The fraction of sp³-hybridized carbons (Fsp3) is 0.727. The third-order valence-electron chi connectivity index (χ3n) is 2.35. The van der Waals surface area contributed by atoms with Crippen molar-refractivity contribution in [2.24, 2.45) is 0 Å². The molecule has 0 spiro atoms. The van der Waals surface area contributed by atoms with Crippen LogP contribution in [0.1, 0.15) is 20.8 Å². The third kappa shape index (κ3) is 4.92. The molecule has 0 unspecified atom stereocenters. The molecule has 1 heterocycles. The van der Waals surface area contributed by atoms with Crippen LogP contribution in [0.25, 0.3) is 0 Å². The molecular formula is C11H14Br2O6S. The second-order valence-electron chi connectivity index (χ2n) is 4.12. The van der Waals surface area contributed by atoms with Crippen molar-refractivity contribution in [2.45, 2.75) is 41.6 Å². The number of rotatable bonds is 3. The summed E-state index contributed by atoms with van der Waals surface area (Å²) >= 11 is 8.10. The van der Waals surface area contributed by atoms with E-state index in [9.17, 15) is 14.4 Å². The zero-order valence-electron chi connectivity index (χ0n) is 11.1. The van der Waals surface area contributed by atoms with E-state index in [0.29, 0.717) is 5.75 Å². The Labute approximate surface area is 137 Å². The van der Waals surface area contributed by atoms with Gasteiger partial charge < -0.3 is 14.2 Å². The van der Waals surface area contributed by atoms with Crippen LogP contribution in [0.4, 0.5) is 0 Å². The molecule has 1 saturated heterocycles. The molecule has 0 aromatic carbocycles. The van der Waals surface area contributed by atoms with Crippen LogP contribution in [-0.2, 0) is 28.6 Å². The Morgan fingerprint density at radius 3 is 1.95 bits per heavy atom. The van der Waals surface area contributed by atoms with E-state index in [1.165, 1.54) is 32.5 Å². The Balaban J connectivity index is 3.02. The molecule has 1 fully saturated rings. The minimum atomic E-state index is -0.889. The predicted octanol–water partition coefficient (Wildman–Crippen LogP) is 1.97. The number of ether oxygens (including phenoxy) is 3. The Morgan fingerprint density at radius 1 is 1.00 bits per heavy atom. The number of carbonyl (C=O) groups is 3. The number of thioether (sulfide) groups is 1. The summed E-state index contributed by atoms with van der Waals surface area (Å²) in [6.45, 7) is 3.75. The lowest BCUT2D eigenvalue weighted by atomic mass is 10.1. The quantitative estimate of drug-likeness (QED) is 0.382. The molecule has 3 atom stereocenters. The lowest BCUT2D eigenvalue weighted by molar-refractivity contribution is -0.180. The zero-order chi connectivity index (χ0) is 15.5. The molecule has 0 bridgehead atoms. The summed E-state index contributed by atoms with van der Waals surface area (Å²) in [6, 6.07) is 0. The van der Waals surface area contributed by atoms with Gasteiger partial charge in [-0.25, -0.2) is 0 Å². The van der Waals surface area contributed by atoms with Gasteiger partial charge >= 0.3 is 17.9 Å². The summed E-state index contributed by atoms with van der Waals surface area (Å²) in [6.07, 6.45) is -2.42. The van der Waals surface area contributed by atoms with E-state index in [1.807, 2.05) is 0 Å². The number of esters is 3. The summed E-state index contributed by atoms with van der Waals surface area (Å²) in [4.78, 5) is 33.6. The maximum absolute atomic E-state index is 11.2. The molecule has 0 aromatic heterocycles. The smallest absolute Gasteiger partial charge is 0.303 e. The van der Waals surface area contributed by atoms with E-state index >= 15 is 0 Å². The van der Waals surface area contributed by atoms with Crippen molar-refractivity contribution in [3.63, 3.8) is 0 Å². The molecule has 1 aliphatic heterocycles. The van der Waals surface area contributed by atoms with Gasteiger partial charge in [0.1, 0.15) is 0 Å². The summed E-state index contributed by atoms with van der Waals surface area (Å²) < 4.78 is 14.7. The molecule has 1 aliphatic rings. The second kappa shape index (κ2) is 7.13. The van der Waals surface area contributed by atoms with Crippen LogP contribution in [0.2, 0.25) is 0 Å². The molecule has 0 aromatic rings. The van der Waals surface area contributed by atoms with Crippen LogP contribution < -0.4 is 0 Å². The van der Waals surface area contributed by atoms with Gasteiger partial charge in [-0.15, -0.1) is 11.8 Å². The Morgan fingerprint density at radius 2 is 1.50 bits per heavy atom. The maximum Gasteiger partial charge on any atom is 0.303 e. The average molecular weight is 434 g/mol. The fourth-order valence-corrected chi connectivity index (χ4v) is 4.21. The highest BCUT2D eigenvalue weighted by Crippen LogP contribution is 2.49. The number of halogens is 2. The van der Waals surface area contributed by atoms with Crippen LogP contribution in [0, 0.1) is 0 Å². The minimum Gasteiger partial charge on any atom is -0.458 e. The maximum atomic E-state index is 11.2. The van der Waals surface area contributed by atoms with Gasteiger partial charge in [0.15, 0.2) is 20.9 Å². The van der Waals surface area contributed by atoms with Gasteiger partial charge in [0, 0.05) is 26.5 Å². The lowest BCUT2D eigenvalue weighted by Gasteiger charge is -2.42. The summed E-state index contributed by atoms with van der Waals surface area (Å²) in [5, 5.41) is 0. The summed E-state index contributed by atoms with van der Waals surface area (Å²) in [7, 11) is 0. The molecule has 9 heteroatoms. The molecule has 114 valence electrons. The number of carbonyl (C=O) groups excluding carboxylic acids is 3. The van der Waals surface area contributed by atoms with E-state index in [-0.39, 0.29) is 0 Å². The Bertz CT molecular complexity index is 414. The standard InChI is InChI=1S/C11H14Br2O6S/c1-5(14)17-8-4-20-11(12,13)10(19-7(3)16)9(8)18-6(2)15/h8-10H,4H2,1-3H3/t8-,9+,10-/m1/s1. The summed E-state index contributed by atoms with van der Waals surface area (Å²) in [5.74, 6) is -1.19. The average Bonchev–Trinajstić information content (AvgIpc) is 2.26. The van der Waals surface area contributed by atoms with Crippen molar-refractivity contribution in [1.82, 2.24) is 0 Å². The molecule has 0 radical (unpaired) electrons. The van der Waals surface area contributed by atoms with Crippen LogP contribution in [0.3, 0.4) is 0 Å². The van der Waals surface area contributed by atoms with Crippen LogP contribution >= 0.6 is 43.6 Å². The third-order valence-corrected chi connectivity index (χ3v) is 5.74. The first kappa shape index (κ1) is 17.8. The van der Waals surface area contributed by atoms with Gasteiger partial charge in [-0.05, 0) is 0 Å². The van der Waals surface area contributed by atoms with Gasteiger partial charge in [0.25, 0.3) is 0 Å². The first-order chi connectivity index (χ1) is 9.13. The Kier molecular flexibility index (Phi) is 6.33. The van der Waals surface area contributed by atoms with Crippen LogP contribution in [-0.4, -0.2) is 44.5 Å². The fourth-order valence-electron chi connectivity index (χ4n) is 1.71. The van der Waals surface area contributed by atoms with Crippen molar-refractivity contribution < 1.29 is 28.6 Å². The molecule has 0 amide bonds. The van der Waals surface area contributed by atoms with E-state index in [1.54, 1.807) is 0 Å². The largest absolute Gasteiger partial charge is 0.458 e. The van der Waals surface area contributed by atoms with Crippen molar-refractivity contribution in [3.05, 3.63) is 0 Å². The first-order valence-electron chi connectivity index (χ1n) is 5.67. The molecule has 1 rings (SSSR count). The van der Waals surface area contributed by atoms with Gasteiger partial charge in [-0.2, -0.15) is 0 Å². The predicted molar refractivity (Wildman–Crippen MR) is 79.7 cm³/mol. The normalized spacial score (nSPS) is 28.4. The van der Waals surface area contributed by atoms with E-state index in [0.717, 1.165) is 0 Å².